The Bertz CT molecular complexity index is 1000. The van der Waals surface area contributed by atoms with Gasteiger partial charge in [-0.25, -0.2) is 8.42 Å². The first-order valence-corrected chi connectivity index (χ1v) is 10.9. The number of nitrogens with zero attached hydrogens (tertiary/aromatic N) is 2. The molecule has 1 saturated heterocycles. The number of hydrogen-bond donors (Lipinski definition) is 0. The summed E-state index contributed by atoms with van der Waals surface area (Å²) in [7, 11) is -3.52. The summed E-state index contributed by atoms with van der Waals surface area (Å²) >= 11 is 0. The van der Waals surface area contributed by atoms with E-state index in [1.165, 1.54) is 9.71 Å². The molecule has 3 rings (SSSR count). The molecule has 0 aliphatic carbocycles. The van der Waals surface area contributed by atoms with E-state index in [-0.39, 0.29) is 31.6 Å². The van der Waals surface area contributed by atoms with Gasteiger partial charge >= 0.3 is 5.97 Å². The molecule has 0 bridgehead atoms. The molecule has 1 aliphatic rings. The average molecular weight is 410 g/mol. The molecule has 0 spiro atoms. The Kier molecular flexibility index (Phi) is 6.81. The van der Waals surface area contributed by atoms with Crippen LogP contribution in [-0.4, -0.2) is 31.8 Å². The van der Waals surface area contributed by atoms with Gasteiger partial charge in [-0.2, -0.15) is 9.57 Å². The average Bonchev–Trinajstić information content (AvgIpc) is 2.77. The Morgan fingerprint density at radius 3 is 2.38 bits per heavy atom. The molecule has 0 unspecified atom stereocenters. The maximum atomic E-state index is 12.5. The molecule has 2 aromatic rings. The molecule has 0 aromatic heterocycles. The minimum Gasteiger partial charge on any atom is -0.461 e. The van der Waals surface area contributed by atoms with Gasteiger partial charge < -0.3 is 4.74 Å². The van der Waals surface area contributed by atoms with E-state index in [0.717, 1.165) is 11.1 Å². The van der Waals surface area contributed by atoms with Gasteiger partial charge in [0.25, 0.3) is 0 Å². The van der Waals surface area contributed by atoms with Gasteiger partial charge in [-0.05, 0) is 42.2 Å². The first-order valence-electron chi connectivity index (χ1n) is 9.37. The quantitative estimate of drug-likeness (QED) is 0.682. The zero-order chi connectivity index (χ0) is 20.7. The fourth-order valence-electron chi connectivity index (χ4n) is 3.11. The van der Waals surface area contributed by atoms with Crippen LogP contribution in [0.4, 0.5) is 0 Å². The number of rotatable bonds is 6. The van der Waals surface area contributed by atoms with E-state index in [4.69, 9.17) is 10.00 Å². The van der Waals surface area contributed by atoms with Gasteiger partial charge in [-0.15, -0.1) is 0 Å². The Hall–Kier alpha value is -2.95. The fraction of sp³-hybridized carbons (Fsp3) is 0.273. The maximum Gasteiger partial charge on any atom is 0.309 e. The third kappa shape index (κ3) is 5.76. The Morgan fingerprint density at radius 1 is 1.10 bits per heavy atom. The summed E-state index contributed by atoms with van der Waals surface area (Å²) in [6, 6.07) is 18.1. The molecular weight excluding hydrogens is 388 g/mol. The molecule has 29 heavy (non-hydrogen) atoms. The Morgan fingerprint density at radius 2 is 1.76 bits per heavy atom. The number of piperidine rings is 1. The Balaban J connectivity index is 1.49. The highest BCUT2D eigenvalue weighted by Gasteiger charge is 2.30. The summed E-state index contributed by atoms with van der Waals surface area (Å²) in [4.78, 5) is 12.3. The van der Waals surface area contributed by atoms with Crippen molar-refractivity contribution in [3.05, 3.63) is 76.7 Å². The van der Waals surface area contributed by atoms with Crippen LogP contribution in [0.5, 0.6) is 0 Å². The normalized spacial score (nSPS) is 15.8. The van der Waals surface area contributed by atoms with Crippen LogP contribution in [0.3, 0.4) is 0 Å². The molecular formula is C22H22N2O4S. The van der Waals surface area contributed by atoms with Crippen molar-refractivity contribution in [3.63, 3.8) is 0 Å². The lowest BCUT2D eigenvalue weighted by molar-refractivity contribution is -0.151. The van der Waals surface area contributed by atoms with E-state index < -0.39 is 10.0 Å². The van der Waals surface area contributed by atoms with Crippen LogP contribution < -0.4 is 0 Å². The number of esters is 1. The summed E-state index contributed by atoms with van der Waals surface area (Å²) in [6.07, 6.45) is 2.45. The van der Waals surface area contributed by atoms with E-state index >= 15 is 0 Å². The molecule has 7 heteroatoms. The van der Waals surface area contributed by atoms with Crippen LogP contribution in [0, 0.1) is 17.2 Å². The zero-order valence-corrected chi connectivity index (χ0v) is 16.7. The highest BCUT2D eigenvalue weighted by molar-refractivity contribution is 7.92. The van der Waals surface area contributed by atoms with E-state index in [1.807, 2.05) is 36.4 Å². The summed E-state index contributed by atoms with van der Waals surface area (Å²) in [5, 5.41) is 10.0. The number of carbonyl (C=O) groups is 1. The molecule has 0 radical (unpaired) electrons. The smallest absolute Gasteiger partial charge is 0.309 e. The van der Waals surface area contributed by atoms with Gasteiger partial charge in [-0.1, -0.05) is 42.5 Å². The van der Waals surface area contributed by atoms with Crippen LogP contribution in [-0.2, 0) is 26.2 Å². The molecule has 1 heterocycles. The predicted octanol–water partition coefficient (Wildman–Crippen LogP) is 3.31. The lowest BCUT2D eigenvalue weighted by Crippen LogP contribution is -2.39. The number of hydrogen-bond acceptors (Lipinski definition) is 5. The van der Waals surface area contributed by atoms with Gasteiger partial charge in [0.2, 0.25) is 10.0 Å². The standard InChI is InChI=1S/C22H22N2O4S/c23-16-19-6-8-20(9-7-19)17-28-22(25)21-10-13-24(14-11-21)29(26,27)15-12-18-4-2-1-3-5-18/h1-9,12,15,21H,10-11,13-14,17H2/b15-12+. The number of nitriles is 1. The first kappa shape index (κ1) is 20.8. The summed E-state index contributed by atoms with van der Waals surface area (Å²) < 4.78 is 31.8. The summed E-state index contributed by atoms with van der Waals surface area (Å²) in [5.74, 6) is -0.621. The van der Waals surface area contributed by atoms with E-state index in [9.17, 15) is 13.2 Å². The lowest BCUT2D eigenvalue weighted by Gasteiger charge is -2.29. The minimum absolute atomic E-state index is 0.142. The first-order chi connectivity index (χ1) is 14.0. The highest BCUT2D eigenvalue weighted by Crippen LogP contribution is 2.22. The number of carbonyl (C=O) groups excluding carboxylic acids is 1. The Labute approximate surface area is 171 Å². The number of sulfonamides is 1. The second-order valence-electron chi connectivity index (χ2n) is 6.85. The summed E-state index contributed by atoms with van der Waals surface area (Å²) in [5.41, 5.74) is 2.18. The van der Waals surface area contributed by atoms with Crippen molar-refractivity contribution in [2.75, 3.05) is 13.1 Å². The number of benzene rings is 2. The van der Waals surface area contributed by atoms with Crippen LogP contribution >= 0.6 is 0 Å². The van der Waals surface area contributed by atoms with Gasteiger partial charge in [0, 0.05) is 18.5 Å². The van der Waals surface area contributed by atoms with Crippen molar-refractivity contribution in [3.8, 4) is 6.07 Å². The monoisotopic (exact) mass is 410 g/mol. The highest BCUT2D eigenvalue weighted by atomic mass is 32.2. The molecule has 1 aliphatic heterocycles. The second-order valence-corrected chi connectivity index (χ2v) is 8.67. The van der Waals surface area contributed by atoms with Gasteiger partial charge in [-0.3, -0.25) is 4.79 Å². The van der Waals surface area contributed by atoms with E-state index in [2.05, 4.69) is 0 Å². The van der Waals surface area contributed by atoms with Crippen molar-refractivity contribution in [2.45, 2.75) is 19.4 Å². The van der Waals surface area contributed by atoms with Crippen molar-refractivity contribution >= 4 is 22.1 Å². The van der Waals surface area contributed by atoms with Crippen LogP contribution in [0.1, 0.15) is 29.5 Å². The second kappa shape index (κ2) is 9.50. The third-order valence-corrected chi connectivity index (χ3v) is 6.41. The van der Waals surface area contributed by atoms with E-state index in [0.29, 0.717) is 18.4 Å². The molecule has 150 valence electrons. The van der Waals surface area contributed by atoms with Gasteiger partial charge in [0.05, 0.1) is 17.6 Å². The zero-order valence-electron chi connectivity index (χ0n) is 15.9. The van der Waals surface area contributed by atoms with Gasteiger partial charge in [0.15, 0.2) is 0 Å². The molecule has 0 saturated carbocycles. The maximum absolute atomic E-state index is 12.5. The number of ether oxygens (including phenoxy) is 1. The molecule has 0 N–H and O–H groups in total. The van der Waals surface area contributed by atoms with Crippen LogP contribution in [0.2, 0.25) is 0 Å². The van der Waals surface area contributed by atoms with Crippen molar-refractivity contribution in [1.82, 2.24) is 4.31 Å². The molecule has 2 aromatic carbocycles. The molecule has 0 atom stereocenters. The van der Waals surface area contributed by atoms with Crippen LogP contribution in [0.25, 0.3) is 6.08 Å². The van der Waals surface area contributed by atoms with Crippen molar-refractivity contribution in [2.24, 2.45) is 5.92 Å². The third-order valence-electron chi connectivity index (χ3n) is 4.84. The van der Waals surface area contributed by atoms with E-state index in [1.54, 1.807) is 30.3 Å². The fourth-order valence-corrected chi connectivity index (χ4v) is 4.33. The van der Waals surface area contributed by atoms with Crippen molar-refractivity contribution < 1.29 is 17.9 Å². The van der Waals surface area contributed by atoms with Crippen LogP contribution in [0.15, 0.2) is 60.0 Å². The molecule has 0 amide bonds. The molecule has 1 fully saturated rings. The predicted molar refractivity (Wildman–Crippen MR) is 110 cm³/mol. The lowest BCUT2D eigenvalue weighted by atomic mass is 9.98. The SMILES string of the molecule is N#Cc1ccc(COC(=O)C2CCN(S(=O)(=O)/C=C/c3ccccc3)CC2)cc1. The summed E-state index contributed by atoms with van der Waals surface area (Å²) in [6.45, 7) is 0.721. The minimum atomic E-state index is -3.52. The topological polar surface area (TPSA) is 87.5 Å². The molecule has 6 nitrogen and oxygen atoms in total. The largest absolute Gasteiger partial charge is 0.461 e. The van der Waals surface area contributed by atoms with Crippen molar-refractivity contribution in [1.29, 1.82) is 5.26 Å². The van der Waals surface area contributed by atoms with Gasteiger partial charge in [0.1, 0.15) is 6.61 Å².